The molecule has 6 heteroatoms. The largest absolute Gasteiger partial charge is 0.481 e. The van der Waals surface area contributed by atoms with Gasteiger partial charge in [-0.3, -0.25) is 13.9 Å². The number of thioether (sulfide) groups is 1. The third-order valence-corrected chi connectivity index (χ3v) is 7.29. The van der Waals surface area contributed by atoms with Gasteiger partial charge in [-0.15, -0.1) is 11.8 Å². The van der Waals surface area contributed by atoms with E-state index in [1.165, 1.54) is 16.0 Å². The zero-order valence-electron chi connectivity index (χ0n) is 17.7. The highest BCUT2D eigenvalue weighted by Crippen LogP contribution is 2.42. The maximum atomic E-state index is 13.6. The minimum atomic E-state index is -0.870. The third-order valence-electron chi connectivity index (χ3n) is 6.05. The second kappa shape index (κ2) is 8.34. The highest BCUT2D eigenvalue weighted by molar-refractivity contribution is 7.99. The molecule has 0 saturated heterocycles. The van der Waals surface area contributed by atoms with Gasteiger partial charge in [0.2, 0.25) is 0 Å². The van der Waals surface area contributed by atoms with Crippen molar-refractivity contribution >= 4 is 28.8 Å². The molecular formula is C24H28N2O3S. The molecule has 1 aliphatic rings. The highest BCUT2D eigenvalue weighted by Gasteiger charge is 2.28. The monoisotopic (exact) mass is 424 g/mol. The summed E-state index contributed by atoms with van der Waals surface area (Å²) in [5.74, 6) is 0.359. The van der Waals surface area contributed by atoms with Gasteiger partial charge in [-0.1, -0.05) is 31.5 Å². The Labute approximate surface area is 180 Å². The predicted molar refractivity (Wildman–Crippen MR) is 122 cm³/mol. The molecule has 0 aliphatic carbocycles. The van der Waals surface area contributed by atoms with Gasteiger partial charge in [0.25, 0.3) is 0 Å². The SMILES string of the molecule is CCCC(CC(=O)O)n1c(=O)n(CC2CSc3cccc(C)c32)c2ccc(C)cc21. The van der Waals surface area contributed by atoms with Gasteiger partial charge in [0.15, 0.2) is 0 Å². The number of aryl methyl sites for hydroxylation is 2. The molecule has 0 radical (unpaired) electrons. The molecule has 2 unspecified atom stereocenters. The molecular weight excluding hydrogens is 396 g/mol. The number of nitrogens with zero attached hydrogens (tertiary/aromatic N) is 2. The van der Waals surface area contributed by atoms with E-state index in [1.54, 1.807) is 4.57 Å². The fraction of sp³-hybridized carbons (Fsp3) is 0.417. The number of hydrogen-bond acceptors (Lipinski definition) is 3. The highest BCUT2D eigenvalue weighted by atomic mass is 32.2. The van der Waals surface area contributed by atoms with Gasteiger partial charge in [0.1, 0.15) is 0 Å². The molecule has 2 atom stereocenters. The van der Waals surface area contributed by atoms with Gasteiger partial charge in [-0.05, 0) is 55.2 Å². The first kappa shape index (κ1) is 20.8. The van der Waals surface area contributed by atoms with Crippen molar-refractivity contribution in [2.75, 3.05) is 5.75 Å². The lowest BCUT2D eigenvalue weighted by atomic mass is 9.96. The van der Waals surface area contributed by atoms with Crippen LogP contribution in [0, 0.1) is 13.8 Å². The van der Waals surface area contributed by atoms with Crippen LogP contribution in [0.1, 0.15) is 54.8 Å². The van der Waals surface area contributed by atoms with E-state index in [9.17, 15) is 14.7 Å². The average molecular weight is 425 g/mol. The molecule has 0 bridgehead atoms. The molecule has 0 amide bonds. The first-order valence-electron chi connectivity index (χ1n) is 10.6. The quantitative estimate of drug-likeness (QED) is 0.571. The van der Waals surface area contributed by atoms with Crippen molar-refractivity contribution in [2.45, 2.75) is 63.4 Å². The zero-order valence-corrected chi connectivity index (χ0v) is 18.5. The fourth-order valence-corrected chi connectivity index (χ4v) is 6.03. The Morgan fingerprint density at radius 2 is 2.03 bits per heavy atom. The van der Waals surface area contributed by atoms with Crippen molar-refractivity contribution in [1.82, 2.24) is 9.13 Å². The Morgan fingerprint density at radius 3 is 2.77 bits per heavy atom. The third kappa shape index (κ3) is 3.69. The van der Waals surface area contributed by atoms with Crippen LogP contribution >= 0.6 is 11.8 Å². The Kier molecular flexibility index (Phi) is 5.78. The van der Waals surface area contributed by atoms with E-state index in [4.69, 9.17) is 0 Å². The Morgan fingerprint density at radius 1 is 1.23 bits per heavy atom. The van der Waals surface area contributed by atoms with E-state index >= 15 is 0 Å². The second-order valence-electron chi connectivity index (χ2n) is 8.29. The molecule has 0 saturated carbocycles. The summed E-state index contributed by atoms with van der Waals surface area (Å²) in [5.41, 5.74) is 5.32. The number of aliphatic carboxylic acids is 1. The van der Waals surface area contributed by atoms with E-state index in [2.05, 4.69) is 25.1 Å². The summed E-state index contributed by atoms with van der Waals surface area (Å²) in [5, 5.41) is 9.44. The molecule has 5 nitrogen and oxygen atoms in total. The van der Waals surface area contributed by atoms with Crippen LogP contribution < -0.4 is 5.69 Å². The van der Waals surface area contributed by atoms with Crippen molar-refractivity contribution in [3.05, 3.63) is 63.6 Å². The standard InChI is InChI=1S/C24H28N2O3S/c1-4-6-18(12-22(27)28)26-20-11-15(2)9-10-19(20)25(24(26)29)13-17-14-30-21-8-5-7-16(3)23(17)21/h5,7-11,17-18H,4,6,12-14H2,1-3H3,(H,27,28). The molecule has 158 valence electrons. The van der Waals surface area contributed by atoms with Crippen LogP contribution in [0.2, 0.25) is 0 Å². The molecule has 2 heterocycles. The van der Waals surface area contributed by atoms with Gasteiger partial charge in [-0.25, -0.2) is 4.79 Å². The number of fused-ring (bicyclic) bond motifs is 2. The number of aromatic nitrogens is 2. The van der Waals surface area contributed by atoms with Crippen molar-refractivity contribution in [1.29, 1.82) is 0 Å². The number of imidazole rings is 1. The lowest BCUT2D eigenvalue weighted by molar-refractivity contribution is -0.137. The fourth-order valence-electron chi connectivity index (χ4n) is 4.72. The summed E-state index contributed by atoms with van der Waals surface area (Å²) < 4.78 is 3.60. The molecule has 4 rings (SSSR count). The number of carbonyl (C=O) groups is 1. The summed E-state index contributed by atoms with van der Waals surface area (Å²) in [6.07, 6.45) is 1.46. The number of rotatable bonds is 7. The smallest absolute Gasteiger partial charge is 0.329 e. The Balaban J connectivity index is 1.83. The molecule has 0 fully saturated rings. The second-order valence-corrected chi connectivity index (χ2v) is 9.35. The summed E-state index contributed by atoms with van der Waals surface area (Å²) >= 11 is 1.85. The topological polar surface area (TPSA) is 64.2 Å². The van der Waals surface area contributed by atoms with Crippen LogP contribution in [0.15, 0.2) is 46.1 Å². The first-order chi connectivity index (χ1) is 14.4. The van der Waals surface area contributed by atoms with E-state index < -0.39 is 5.97 Å². The van der Waals surface area contributed by atoms with Crippen LogP contribution in [0.4, 0.5) is 0 Å². The average Bonchev–Trinajstić information content (AvgIpc) is 3.21. The first-order valence-corrected chi connectivity index (χ1v) is 11.5. The number of hydrogen-bond donors (Lipinski definition) is 1. The molecule has 3 aromatic rings. The van der Waals surface area contributed by atoms with E-state index in [-0.39, 0.29) is 24.1 Å². The van der Waals surface area contributed by atoms with Crippen LogP contribution in [-0.4, -0.2) is 26.0 Å². The van der Waals surface area contributed by atoms with Crippen LogP contribution in [-0.2, 0) is 11.3 Å². The van der Waals surface area contributed by atoms with Crippen LogP contribution in [0.25, 0.3) is 11.0 Å². The maximum Gasteiger partial charge on any atom is 0.329 e. The molecule has 0 spiro atoms. The van der Waals surface area contributed by atoms with Crippen molar-refractivity contribution < 1.29 is 9.90 Å². The Hall–Kier alpha value is -2.47. The van der Waals surface area contributed by atoms with Gasteiger partial charge < -0.3 is 5.11 Å². The predicted octanol–water partition coefficient (Wildman–Crippen LogP) is 5.13. The van der Waals surface area contributed by atoms with Gasteiger partial charge >= 0.3 is 11.7 Å². The number of carboxylic acid groups (broad SMARTS) is 1. The molecule has 2 aromatic carbocycles. The van der Waals surface area contributed by atoms with E-state index in [0.29, 0.717) is 13.0 Å². The van der Waals surface area contributed by atoms with Crippen LogP contribution in [0.3, 0.4) is 0 Å². The molecule has 30 heavy (non-hydrogen) atoms. The van der Waals surface area contributed by atoms with E-state index in [0.717, 1.165) is 28.8 Å². The lowest BCUT2D eigenvalue weighted by Crippen LogP contribution is -2.30. The summed E-state index contributed by atoms with van der Waals surface area (Å²) in [6.45, 7) is 6.78. The minimum Gasteiger partial charge on any atom is -0.481 e. The lowest BCUT2D eigenvalue weighted by Gasteiger charge is -2.16. The van der Waals surface area contributed by atoms with Crippen LogP contribution in [0.5, 0.6) is 0 Å². The summed E-state index contributed by atoms with van der Waals surface area (Å²) in [4.78, 5) is 26.4. The minimum absolute atomic E-state index is 0.0397. The Bertz CT molecular complexity index is 1160. The number of carboxylic acids is 1. The molecule has 1 aromatic heterocycles. The summed E-state index contributed by atoms with van der Waals surface area (Å²) in [7, 11) is 0. The van der Waals surface area contributed by atoms with Crippen molar-refractivity contribution in [3.63, 3.8) is 0 Å². The maximum absolute atomic E-state index is 13.6. The molecule has 1 aliphatic heterocycles. The number of benzene rings is 2. The summed E-state index contributed by atoms with van der Waals surface area (Å²) in [6, 6.07) is 12.1. The van der Waals surface area contributed by atoms with Gasteiger partial charge in [-0.2, -0.15) is 0 Å². The van der Waals surface area contributed by atoms with Crippen molar-refractivity contribution in [2.24, 2.45) is 0 Å². The zero-order chi connectivity index (χ0) is 21.4. The van der Waals surface area contributed by atoms with Crippen molar-refractivity contribution in [3.8, 4) is 0 Å². The van der Waals surface area contributed by atoms with Gasteiger partial charge in [0, 0.05) is 29.2 Å². The molecule has 1 N–H and O–H groups in total. The normalized spacial score (nSPS) is 16.7. The van der Waals surface area contributed by atoms with Gasteiger partial charge in [0.05, 0.1) is 17.5 Å². The van der Waals surface area contributed by atoms with E-state index in [1.807, 2.05) is 48.4 Å².